The van der Waals surface area contributed by atoms with Gasteiger partial charge in [-0.3, -0.25) is 4.79 Å². The van der Waals surface area contributed by atoms with Gasteiger partial charge in [-0.25, -0.2) is 0 Å². The standard InChI is InChI=1S/C14H19NO3S/c1-10-5-6-19-13(10)3-4-14(17)15-7-12(8-16)18-9-11(15)2/h3-6,11-12,16H,7-9H2,1-2H3/b4-3+. The molecule has 2 unspecified atom stereocenters. The Kier molecular flexibility index (Phi) is 4.74. The molecule has 0 bridgehead atoms. The first-order valence-electron chi connectivity index (χ1n) is 6.37. The predicted octanol–water partition coefficient (Wildman–Crippen LogP) is 1.68. The fraction of sp³-hybridized carbons (Fsp3) is 0.500. The highest BCUT2D eigenvalue weighted by molar-refractivity contribution is 7.11. The summed E-state index contributed by atoms with van der Waals surface area (Å²) in [6, 6.07) is 2.08. The molecule has 1 fully saturated rings. The number of aliphatic hydroxyl groups excluding tert-OH is 1. The SMILES string of the molecule is Cc1ccsc1/C=C/C(=O)N1CC(CO)OCC1C. The van der Waals surface area contributed by atoms with Crippen LogP contribution in [-0.2, 0) is 9.53 Å². The van der Waals surface area contributed by atoms with Gasteiger partial charge in [0.2, 0.25) is 5.91 Å². The molecule has 1 aliphatic rings. The van der Waals surface area contributed by atoms with Crippen LogP contribution in [-0.4, -0.2) is 47.8 Å². The van der Waals surface area contributed by atoms with Crippen molar-refractivity contribution < 1.29 is 14.6 Å². The number of hydrogen-bond donors (Lipinski definition) is 1. The highest BCUT2D eigenvalue weighted by Gasteiger charge is 2.27. The molecule has 0 aromatic carbocycles. The lowest BCUT2D eigenvalue weighted by Crippen LogP contribution is -2.51. The number of nitrogens with zero attached hydrogens (tertiary/aromatic N) is 1. The summed E-state index contributed by atoms with van der Waals surface area (Å²) in [5.74, 6) is -0.0259. The molecular formula is C14H19NO3S. The van der Waals surface area contributed by atoms with Crippen LogP contribution in [0.4, 0.5) is 0 Å². The first kappa shape index (κ1) is 14.2. The van der Waals surface area contributed by atoms with Crippen molar-refractivity contribution in [1.82, 2.24) is 4.90 Å². The van der Waals surface area contributed by atoms with E-state index in [1.54, 1.807) is 22.3 Å². The number of morpholine rings is 1. The maximum absolute atomic E-state index is 12.2. The lowest BCUT2D eigenvalue weighted by Gasteiger charge is -2.36. The summed E-state index contributed by atoms with van der Waals surface area (Å²) in [7, 11) is 0. The number of carbonyl (C=O) groups excluding carboxylic acids is 1. The van der Waals surface area contributed by atoms with Crippen LogP contribution in [0.25, 0.3) is 6.08 Å². The van der Waals surface area contributed by atoms with Crippen molar-refractivity contribution in [2.24, 2.45) is 0 Å². The van der Waals surface area contributed by atoms with Crippen molar-refractivity contribution in [2.45, 2.75) is 26.0 Å². The first-order chi connectivity index (χ1) is 9.11. The van der Waals surface area contributed by atoms with Gasteiger partial charge in [0.1, 0.15) is 0 Å². The van der Waals surface area contributed by atoms with Crippen LogP contribution in [0, 0.1) is 6.92 Å². The minimum absolute atomic E-state index is 0.0259. The molecule has 2 atom stereocenters. The highest BCUT2D eigenvalue weighted by atomic mass is 32.1. The fourth-order valence-corrected chi connectivity index (χ4v) is 2.85. The second kappa shape index (κ2) is 6.32. The number of thiophene rings is 1. The fourth-order valence-electron chi connectivity index (χ4n) is 2.03. The first-order valence-corrected chi connectivity index (χ1v) is 7.25. The van der Waals surface area contributed by atoms with Gasteiger partial charge in [0.15, 0.2) is 0 Å². The van der Waals surface area contributed by atoms with E-state index in [2.05, 4.69) is 0 Å². The maximum Gasteiger partial charge on any atom is 0.247 e. The molecule has 104 valence electrons. The molecule has 1 amide bonds. The van der Waals surface area contributed by atoms with Crippen LogP contribution < -0.4 is 0 Å². The molecule has 0 spiro atoms. The van der Waals surface area contributed by atoms with Crippen molar-refractivity contribution >= 4 is 23.3 Å². The lowest BCUT2D eigenvalue weighted by atomic mass is 10.2. The molecule has 2 rings (SSSR count). The minimum Gasteiger partial charge on any atom is -0.394 e. The van der Waals surface area contributed by atoms with E-state index in [4.69, 9.17) is 9.84 Å². The smallest absolute Gasteiger partial charge is 0.247 e. The second-order valence-corrected chi connectivity index (χ2v) is 5.73. The topological polar surface area (TPSA) is 49.8 Å². The molecule has 1 aromatic heterocycles. The predicted molar refractivity (Wildman–Crippen MR) is 76.1 cm³/mol. The van der Waals surface area contributed by atoms with Gasteiger partial charge in [-0.15, -0.1) is 11.3 Å². The van der Waals surface area contributed by atoms with Crippen LogP contribution in [0.3, 0.4) is 0 Å². The quantitative estimate of drug-likeness (QED) is 0.858. The molecule has 4 nitrogen and oxygen atoms in total. The third-order valence-electron chi connectivity index (χ3n) is 3.27. The zero-order valence-corrected chi connectivity index (χ0v) is 12.0. The molecule has 19 heavy (non-hydrogen) atoms. The highest BCUT2D eigenvalue weighted by Crippen LogP contribution is 2.18. The van der Waals surface area contributed by atoms with Gasteiger partial charge in [0.05, 0.1) is 25.4 Å². The van der Waals surface area contributed by atoms with Crippen molar-refractivity contribution in [2.75, 3.05) is 19.8 Å². The average Bonchev–Trinajstić information content (AvgIpc) is 2.82. The van der Waals surface area contributed by atoms with E-state index < -0.39 is 0 Å². The van der Waals surface area contributed by atoms with Crippen LogP contribution >= 0.6 is 11.3 Å². The van der Waals surface area contributed by atoms with Gasteiger partial charge in [0.25, 0.3) is 0 Å². The third-order valence-corrected chi connectivity index (χ3v) is 4.26. The zero-order valence-electron chi connectivity index (χ0n) is 11.2. The third kappa shape index (κ3) is 3.43. The normalized spacial score (nSPS) is 24.1. The van der Waals surface area contributed by atoms with E-state index in [0.717, 1.165) is 4.88 Å². The van der Waals surface area contributed by atoms with Gasteiger partial charge in [0, 0.05) is 17.5 Å². The molecule has 5 heteroatoms. The van der Waals surface area contributed by atoms with Gasteiger partial charge in [-0.1, -0.05) is 0 Å². The van der Waals surface area contributed by atoms with Crippen molar-refractivity contribution in [3.05, 3.63) is 28.0 Å². The van der Waals surface area contributed by atoms with Gasteiger partial charge >= 0.3 is 0 Å². The summed E-state index contributed by atoms with van der Waals surface area (Å²) in [6.45, 7) is 4.85. The average molecular weight is 281 g/mol. The molecule has 0 radical (unpaired) electrons. The molecule has 2 heterocycles. The number of hydrogen-bond acceptors (Lipinski definition) is 4. The van der Waals surface area contributed by atoms with Crippen LogP contribution in [0.5, 0.6) is 0 Å². The monoisotopic (exact) mass is 281 g/mol. The second-order valence-electron chi connectivity index (χ2n) is 4.78. The summed E-state index contributed by atoms with van der Waals surface area (Å²) in [5, 5.41) is 11.1. The Morgan fingerprint density at radius 3 is 3.11 bits per heavy atom. The van der Waals surface area contributed by atoms with E-state index in [1.165, 1.54) is 5.56 Å². The number of carbonyl (C=O) groups is 1. The Morgan fingerprint density at radius 1 is 1.68 bits per heavy atom. The largest absolute Gasteiger partial charge is 0.394 e. The number of aliphatic hydroxyl groups is 1. The van der Waals surface area contributed by atoms with Crippen molar-refractivity contribution in [3.8, 4) is 0 Å². The van der Waals surface area contributed by atoms with E-state index >= 15 is 0 Å². The van der Waals surface area contributed by atoms with Crippen molar-refractivity contribution in [3.63, 3.8) is 0 Å². The van der Waals surface area contributed by atoms with Crippen molar-refractivity contribution in [1.29, 1.82) is 0 Å². The summed E-state index contributed by atoms with van der Waals surface area (Å²) in [4.78, 5) is 15.0. The van der Waals surface area contributed by atoms with Gasteiger partial charge in [-0.05, 0) is 36.9 Å². The molecule has 1 N–H and O–H groups in total. The van der Waals surface area contributed by atoms with E-state index in [9.17, 15) is 4.79 Å². The number of aryl methyl sites for hydroxylation is 1. The summed E-state index contributed by atoms with van der Waals surface area (Å²) in [6.07, 6.45) is 3.20. The molecule has 0 saturated carbocycles. The molecule has 0 aliphatic carbocycles. The van der Waals surface area contributed by atoms with Crippen LogP contribution in [0.2, 0.25) is 0 Å². The number of rotatable bonds is 3. The Hall–Kier alpha value is -1.17. The van der Waals surface area contributed by atoms with Gasteiger partial charge in [-0.2, -0.15) is 0 Å². The summed E-state index contributed by atoms with van der Waals surface area (Å²) in [5.41, 5.74) is 1.18. The minimum atomic E-state index is -0.267. The molecule has 1 saturated heterocycles. The Bertz CT molecular complexity index is 469. The maximum atomic E-state index is 12.2. The number of amides is 1. The lowest BCUT2D eigenvalue weighted by molar-refractivity contribution is -0.140. The Balaban J connectivity index is 2.02. The summed E-state index contributed by atoms with van der Waals surface area (Å²) < 4.78 is 5.42. The Labute approximate surface area is 117 Å². The van der Waals surface area contributed by atoms with E-state index in [-0.39, 0.29) is 24.7 Å². The van der Waals surface area contributed by atoms with Crippen LogP contribution in [0.1, 0.15) is 17.4 Å². The van der Waals surface area contributed by atoms with E-state index in [0.29, 0.717) is 13.2 Å². The summed E-state index contributed by atoms with van der Waals surface area (Å²) >= 11 is 1.62. The van der Waals surface area contributed by atoms with E-state index in [1.807, 2.05) is 31.4 Å². The molecule has 1 aromatic rings. The Morgan fingerprint density at radius 2 is 2.47 bits per heavy atom. The van der Waals surface area contributed by atoms with Crippen LogP contribution in [0.15, 0.2) is 17.5 Å². The number of ether oxygens (including phenoxy) is 1. The molecule has 1 aliphatic heterocycles. The zero-order chi connectivity index (χ0) is 13.8. The van der Waals surface area contributed by atoms with Gasteiger partial charge < -0.3 is 14.7 Å². The molecular weight excluding hydrogens is 262 g/mol.